The topological polar surface area (TPSA) is 57.1 Å². The Morgan fingerprint density at radius 1 is 1.33 bits per heavy atom. The third-order valence-corrected chi connectivity index (χ3v) is 4.15. The van der Waals surface area contributed by atoms with Crippen molar-refractivity contribution in [3.63, 3.8) is 0 Å². The number of ether oxygens (including phenoxy) is 1. The predicted octanol–water partition coefficient (Wildman–Crippen LogP) is 2.44. The summed E-state index contributed by atoms with van der Waals surface area (Å²) in [6, 6.07) is 8.31. The molecule has 1 aromatic carbocycles. The van der Waals surface area contributed by atoms with E-state index in [9.17, 15) is 5.11 Å². The van der Waals surface area contributed by atoms with Crippen LogP contribution in [0.1, 0.15) is 38.7 Å². The van der Waals surface area contributed by atoms with Gasteiger partial charge in [-0.05, 0) is 43.9 Å². The van der Waals surface area contributed by atoms with Crippen LogP contribution in [0.15, 0.2) is 29.3 Å². The summed E-state index contributed by atoms with van der Waals surface area (Å²) in [5, 5.41) is 13.0. The van der Waals surface area contributed by atoms with E-state index in [4.69, 9.17) is 9.73 Å². The lowest BCUT2D eigenvalue weighted by atomic mass is 10.1. The molecule has 2 N–H and O–H groups in total. The van der Waals surface area contributed by atoms with E-state index < -0.39 is 0 Å². The van der Waals surface area contributed by atoms with Crippen LogP contribution in [0.5, 0.6) is 5.75 Å². The van der Waals surface area contributed by atoms with Crippen molar-refractivity contribution in [2.24, 2.45) is 4.99 Å². The van der Waals surface area contributed by atoms with Crippen molar-refractivity contribution in [2.45, 2.75) is 45.6 Å². The van der Waals surface area contributed by atoms with Gasteiger partial charge in [-0.2, -0.15) is 0 Å². The van der Waals surface area contributed by atoms with E-state index in [2.05, 4.69) is 36.2 Å². The van der Waals surface area contributed by atoms with Crippen molar-refractivity contribution in [3.05, 3.63) is 29.8 Å². The van der Waals surface area contributed by atoms with Gasteiger partial charge in [-0.25, -0.2) is 0 Å². The van der Waals surface area contributed by atoms with E-state index in [-0.39, 0.29) is 6.10 Å². The first-order valence-corrected chi connectivity index (χ1v) is 9.16. The summed E-state index contributed by atoms with van der Waals surface area (Å²) in [6.45, 7) is 8.15. The molecule has 0 radical (unpaired) electrons. The lowest BCUT2D eigenvalue weighted by Gasteiger charge is -2.20. The van der Waals surface area contributed by atoms with Crippen LogP contribution in [-0.2, 0) is 6.42 Å². The second kappa shape index (κ2) is 10.2. The zero-order valence-corrected chi connectivity index (χ0v) is 15.0. The van der Waals surface area contributed by atoms with Gasteiger partial charge in [0.25, 0.3) is 0 Å². The lowest BCUT2D eigenvalue weighted by molar-refractivity contribution is 0.188. The van der Waals surface area contributed by atoms with E-state index in [1.165, 1.54) is 5.56 Å². The van der Waals surface area contributed by atoms with Gasteiger partial charge in [-0.3, -0.25) is 4.99 Å². The largest absolute Gasteiger partial charge is 0.494 e. The molecule has 5 nitrogen and oxygen atoms in total. The molecular weight excluding hydrogens is 302 g/mol. The first kappa shape index (κ1) is 18.6. The van der Waals surface area contributed by atoms with Crippen molar-refractivity contribution in [1.29, 1.82) is 0 Å². The maximum atomic E-state index is 9.69. The molecule has 1 aromatic rings. The van der Waals surface area contributed by atoms with E-state index in [0.29, 0.717) is 6.54 Å². The van der Waals surface area contributed by atoms with Crippen LogP contribution in [0.25, 0.3) is 0 Å². The fourth-order valence-electron chi connectivity index (χ4n) is 2.74. The van der Waals surface area contributed by atoms with Gasteiger partial charge >= 0.3 is 0 Å². The first-order valence-electron chi connectivity index (χ1n) is 9.16. The second-order valence-corrected chi connectivity index (χ2v) is 6.22. The Balaban J connectivity index is 1.82. The van der Waals surface area contributed by atoms with Crippen LogP contribution < -0.4 is 10.1 Å². The van der Waals surface area contributed by atoms with Gasteiger partial charge in [-0.1, -0.05) is 25.5 Å². The molecule has 1 atom stereocenters. The van der Waals surface area contributed by atoms with Crippen molar-refractivity contribution in [1.82, 2.24) is 10.2 Å². The summed E-state index contributed by atoms with van der Waals surface area (Å²) in [4.78, 5) is 6.84. The van der Waals surface area contributed by atoms with Crippen LogP contribution in [0.2, 0.25) is 0 Å². The van der Waals surface area contributed by atoms with E-state index in [1.807, 2.05) is 12.1 Å². The third kappa shape index (κ3) is 6.04. The molecule has 1 aliphatic rings. The van der Waals surface area contributed by atoms with Crippen molar-refractivity contribution < 1.29 is 9.84 Å². The first-order chi connectivity index (χ1) is 11.7. The van der Waals surface area contributed by atoms with Gasteiger partial charge in [0.1, 0.15) is 5.75 Å². The van der Waals surface area contributed by atoms with Crippen LogP contribution >= 0.6 is 0 Å². The molecule has 24 heavy (non-hydrogen) atoms. The summed E-state index contributed by atoms with van der Waals surface area (Å²) in [6.07, 6.45) is 3.74. The Morgan fingerprint density at radius 2 is 2.12 bits per heavy atom. The van der Waals surface area contributed by atoms with Gasteiger partial charge in [0, 0.05) is 26.2 Å². The normalized spacial score (nSPS) is 18.0. The van der Waals surface area contributed by atoms with E-state index in [1.54, 1.807) is 0 Å². The molecule has 1 heterocycles. The minimum atomic E-state index is -0.228. The highest BCUT2D eigenvalue weighted by Crippen LogP contribution is 2.13. The van der Waals surface area contributed by atoms with Crippen molar-refractivity contribution in [3.8, 4) is 5.75 Å². The summed E-state index contributed by atoms with van der Waals surface area (Å²) < 4.78 is 5.69. The van der Waals surface area contributed by atoms with Crippen LogP contribution in [0.4, 0.5) is 0 Å². The number of aliphatic hydroxyl groups is 1. The Bertz CT molecular complexity index is 502. The van der Waals surface area contributed by atoms with Crippen LogP contribution in [-0.4, -0.2) is 54.9 Å². The minimum Gasteiger partial charge on any atom is -0.494 e. The maximum absolute atomic E-state index is 9.69. The summed E-state index contributed by atoms with van der Waals surface area (Å²) in [7, 11) is 0. The molecule has 0 spiro atoms. The van der Waals surface area contributed by atoms with E-state index in [0.717, 1.165) is 63.6 Å². The second-order valence-electron chi connectivity index (χ2n) is 6.22. The van der Waals surface area contributed by atoms with Crippen LogP contribution in [0.3, 0.4) is 0 Å². The number of rotatable bonds is 8. The van der Waals surface area contributed by atoms with Crippen molar-refractivity contribution >= 4 is 5.96 Å². The molecule has 0 unspecified atom stereocenters. The summed E-state index contributed by atoms with van der Waals surface area (Å²) >= 11 is 0. The zero-order chi connectivity index (χ0) is 17.2. The highest BCUT2D eigenvalue weighted by atomic mass is 16.5. The molecule has 0 bridgehead atoms. The molecular formula is C19H31N3O2. The standard InChI is InChI=1S/C19H31N3O2/c1-3-5-14-24-18-8-6-16(7-9-18)10-12-21-19(20-4-2)22-13-11-17(23)15-22/h6-9,17,23H,3-5,10-15H2,1-2H3,(H,20,21)/t17-/m1/s1. The molecule has 1 saturated heterocycles. The molecule has 5 heteroatoms. The molecule has 1 aliphatic heterocycles. The number of nitrogens with one attached hydrogen (secondary N) is 1. The fourth-order valence-corrected chi connectivity index (χ4v) is 2.74. The molecule has 2 rings (SSSR count). The smallest absolute Gasteiger partial charge is 0.194 e. The number of benzene rings is 1. The number of unbranched alkanes of at least 4 members (excludes halogenated alkanes) is 1. The Hall–Kier alpha value is -1.75. The molecule has 134 valence electrons. The van der Waals surface area contributed by atoms with E-state index >= 15 is 0 Å². The number of guanidine groups is 1. The Morgan fingerprint density at radius 3 is 2.75 bits per heavy atom. The number of nitrogens with zero attached hydrogens (tertiary/aromatic N) is 2. The Kier molecular flexibility index (Phi) is 7.89. The highest BCUT2D eigenvalue weighted by Gasteiger charge is 2.22. The average Bonchev–Trinajstić information content (AvgIpc) is 3.02. The van der Waals surface area contributed by atoms with Crippen LogP contribution in [0, 0.1) is 0 Å². The lowest BCUT2D eigenvalue weighted by Crippen LogP contribution is -2.40. The molecule has 0 aromatic heterocycles. The number of hydrogen-bond donors (Lipinski definition) is 2. The summed E-state index contributed by atoms with van der Waals surface area (Å²) in [5.74, 6) is 1.85. The SMILES string of the molecule is CCCCOc1ccc(CCN=C(NCC)N2CC[C@@H](O)C2)cc1. The number of β-amino-alcohol motifs (C(OH)–C–C–N with tert-alkyl or cyclic N) is 1. The van der Waals surface area contributed by atoms with Gasteiger partial charge < -0.3 is 20.1 Å². The van der Waals surface area contributed by atoms with Gasteiger partial charge in [0.15, 0.2) is 5.96 Å². The fraction of sp³-hybridized carbons (Fsp3) is 0.632. The Labute approximate surface area is 145 Å². The molecule has 1 fully saturated rings. The average molecular weight is 333 g/mol. The quantitative estimate of drug-likeness (QED) is 0.436. The minimum absolute atomic E-state index is 0.228. The predicted molar refractivity (Wildman–Crippen MR) is 98.7 cm³/mol. The van der Waals surface area contributed by atoms with Gasteiger partial charge in [0.2, 0.25) is 0 Å². The zero-order valence-electron chi connectivity index (χ0n) is 15.0. The third-order valence-electron chi connectivity index (χ3n) is 4.15. The monoisotopic (exact) mass is 333 g/mol. The number of aliphatic hydroxyl groups excluding tert-OH is 1. The molecule has 0 saturated carbocycles. The van der Waals surface area contributed by atoms with Crippen molar-refractivity contribution in [2.75, 3.05) is 32.8 Å². The summed E-state index contributed by atoms with van der Waals surface area (Å²) in [5.41, 5.74) is 1.26. The highest BCUT2D eigenvalue weighted by molar-refractivity contribution is 5.80. The van der Waals surface area contributed by atoms with Gasteiger partial charge in [-0.15, -0.1) is 0 Å². The number of hydrogen-bond acceptors (Lipinski definition) is 3. The number of aliphatic imine (C=N–C) groups is 1. The number of likely N-dealkylation sites (tertiary alicyclic amines) is 1. The molecule has 0 amide bonds. The van der Waals surface area contributed by atoms with Gasteiger partial charge in [0.05, 0.1) is 12.7 Å². The molecule has 0 aliphatic carbocycles. The maximum Gasteiger partial charge on any atom is 0.194 e.